The molecule has 5 heteroatoms. The molecule has 88 valence electrons. The number of thiocarbonyl (C=S) groups is 1. The van der Waals surface area contributed by atoms with Crippen LogP contribution in [0, 0.1) is 5.92 Å². The van der Waals surface area contributed by atoms with Gasteiger partial charge in [0.25, 0.3) is 0 Å². The Labute approximate surface area is 96.8 Å². The van der Waals surface area contributed by atoms with Crippen LogP contribution in [0.15, 0.2) is 0 Å². The normalized spacial score (nSPS) is 12.1. The van der Waals surface area contributed by atoms with Crippen molar-refractivity contribution < 1.29 is 9.53 Å². The van der Waals surface area contributed by atoms with Crippen molar-refractivity contribution in [2.75, 3.05) is 6.61 Å². The summed E-state index contributed by atoms with van der Waals surface area (Å²) >= 11 is 4.93. The predicted molar refractivity (Wildman–Crippen MR) is 64.8 cm³/mol. The van der Waals surface area contributed by atoms with Gasteiger partial charge in [-0.2, -0.15) is 0 Å². The molecule has 0 spiro atoms. The monoisotopic (exact) mass is 232 g/mol. The summed E-state index contributed by atoms with van der Waals surface area (Å²) in [4.78, 5) is 11.2. The van der Waals surface area contributed by atoms with Crippen molar-refractivity contribution in [2.45, 2.75) is 40.2 Å². The van der Waals surface area contributed by atoms with Crippen LogP contribution in [0.3, 0.4) is 0 Å². The van der Waals surface area contributed by atoms with Crippen molar-refractivity contribution in [1.29, 1.82) is 0 Å². The van der Waals surface area contributed by atoms with Crippen LogP contribution in [0.2, 0.25) is 0 Å². The van der Waals surface area contributed by atoms with Crippen molar-refractivity contribution in [3.8, 4) is 0 Å². The molecule has 0 aliphatic carbocycles. The molecule has 0 saturated heterocycles. The average Bonchev–Trinajstić information content (AvgIpc) is 2.14. The lowest BCUT2D eigenvalue weighted by Gasteiger charge is -2.14. The van der Waals surface area contributed by atoms with Crippen LogP contribution in [0.4, 0.5) is 4.79 Å². The Morgan fingerprint density at radius 3 is 2.47 bits per heavy atom. The maximum atomic E-state index is 11.2. The Hall–Kier alpha value is -0.840. The molecule has 1 atom stereocenters. The number of alkyl carbamates (subject to hydrolysis) is 1. The Morgan fingerprint density at radius 1 is 1.40 bits per heavy atom. The number of carbonyl (C=O) groups is 1. The second-order valence-corrected chi connectivity index (χ2v) is 4.31. The van der Waals surface area contributed by atoms with Gasteiger partial charge in [0.2, 0.25) is 0 Å². The van der Waals surface area contributed by atoms with E-state index in [1.807, 2.05) is 27.7 Å². The highest BCUT2D eigenvalue weighted by molar-refractivity contribution is 7.80. The number of nitrogens with one attached hydrogen (secondary N) is 2. The van der Waals surface area contributed by atoms with E-state index >= 15 is 0 Å². The van der Waals surface area contributed by atoms with Gasteiger partial charge < -0.3 is 10.1 Å². The van der Waals surface area contributed by atoms with Gasteiger partial charge in [-0.1, -0.05) is 20.8 Å². The first-order chi connectivity index (χ1) is 6.95. The van der Waals surface area contributed by atoms with Crippen LogP contribution in [0.25, 0.3) is 0 Å². The molecule has 0 bridgehead atoms. The van der Waals surface area contributed by atoms with Crippen LogP contribution in [-0.2, 0) is 4.74 Å². The summed E-state index contributed by atoms with van der Waals surface area (Å²) in [6.45, 7) is 8.38. The smallest absolute Gasteiger partial charge is 0.413 e. The Bertz CT molecular complexity index is 219. The highest BCUT2D eigenvalue weighted by atomic mass is 32.1. The summed E-state index contributed by atoms with van der Waals surface area (Å²) in [6.07, 6.45) is 0.451. The Morgan fingerprint density at radius 2 is 2.00 bits per heavy atom. The molecule has 0 aromatic carbocycles. The summed E-state index contributed by atoms with van der Waals surface area (Å²) in [7, 11) is 0. The molecule has 0 fully saturated rings. The summed E-state index contributed by atoms with van der Waals surface area (Å²) in [6, 6.07) is 0.253. The fourth-order valence-electron chi connectivity index (χ4n) is 0.733. The number of rotatable bonds is 4. The lowest BCUT2D eigenvalue weighted by molar-refractivity contribution is 0.138. The molecule has 0 heterocycles. The van der Waals surface area contributed by atoms with Crippen LogP contribution >= 0.6 is 12.2 Å². The number of amides is 1. The Balaban J connectivity index is 3.72. The van der Waals surface area contributed by atoms with Gasteiger partial charge in [0.15, 0.2) is 5.11 Å². The van der Waals surface area contributed by atoms with Crippen LogP contribution in [0.5, 0.6) is 0 Å². The molecule has 1 amide bonds. The predicted octanol–water partition coefficient (Wildman–Crippen LogP) is 2.04. The number of hydrogen-bond donors (Lipinski definition) is 2. The molecule has 0 aliphatic heterocycles. The average molecular weight is 232 g/mol. The van der Waals surface area contributed by atoms with Gasteiger partial charge >= 0.3 is 6.09 Å². The molecule has 0 saturated carbocycles. The van der Waals surface area contributed by atoms with Crippen molar-refractivity contribution in [2.24, 2.45) is 5.92 Å². The number of carbonyl (C=O) groups excluding carboxylic acids is 1. The van der Waals surface area contributed by atoms with Crippen molar-refractivity contribution in [3.05, 3.63) is 0 Å². The molecule has 1 unspecified atom stereocenters. The molecular weight excluding hydrogens is 212 g/mol. The van der Waals surface area contributed by atoms with Crippen LogP contribution in [0.1, 0.15) is 34.1 Å². The highest BCUT2D eigenvalue weighted by Crippen LogP contribution is 1.93. The van der Waals surface area contributed by atoms with Crippen molar-refractivity contribution in [3.63, 3.8) is 0 Å². The first kappa shape index (κ1) is 14.2. The van der Waals surface area contributed by atoms with Gasteiger partial charge in [-0.25, -0.2) is 4.79 Å². The van der Waals surface area contributed by atoms with E-state index in [4.69, 9.17) is 17.0 Å². The molecule has 0 aliphatic rings. The van der Waals surface area contributed by atoms with Crippen LogP contribution < -0.4 is 10.6 Å². The molecule has 0 rings (SSSR count). The third-order valence-electron chi connectivity index (χ3n) is 1.75. The second kappa shape index (κ2) is 7.45. The highest BCUT2D eigenvalue weighted by Gasteiger charge is 2.07. The maximum absolute atomic E-state index is 11.2. The standard InChI is InChI=1S/C10H20N2O2S/c1-5-8(4)11-9(15)12-10(13)14-6-7(2)3/h7-8H,5-6H2,1-4H3,(H2,11,12,13,15). The lowest BCUT2D eigenvalue weighted by Crippen LogP contribution is -2.43. The SMILES string of the molecule is CCC(C)NC(=S)NC(=O)OCC(C)C. The minimum absolute atomic E-state index is 0.253. The summed E-state index contributed by atoms with van der Waals surface area (Å²) in [5, 5.41) is 5.74. The van der Waals surface area contributed by atoms with Crippen LogP contribution in [-0.4, -0.2) is 23.9 Å². The zero-order chi connectivity index (χ0) is 11.8. The summed E-state index contributed by atoms with van der Waals surface area (Å²) < 4.78 is 4.91. The minimum atomic E-state index is -0.496. The van der Waals surface area contributed by atoms with Gasteiger partial charge in [-0.05, 0) is 31.5 Å². The van der Waals surface area contributed by atoms with E-state index in [1.165, 1.54) is 0 Å². The van der Waals surface area contributed by atoms with Gasteiger partial charge in [-0.15, -0.1) is 0 Å². The molecule has 4 nitrogen and oxygen atoms in total. The zero-order valence-electron chi connectivity index (χ0n) is 9.79. The summed E-state index contributed by atoms with van der Waals surface area (Å²) in [5.41, 5.74) is 0. The fourth-order valence-corrected chi connectivity index (χ4v) is 1.02. The van der Waals surface area contributed by atoms with Gasteiger partial charge in [-0.3, -0.25) is 5.32 Å². The third kappa shape index (κ3) is 8.17. The van der Waals surface area contributed by atoms with Crippen molar-refractivity contribution >= 4 is 23.4 Å². The largest absolute Gasteiger partial charge is 0.449 e. The van der Waals surface area contributed by atoms with E-state index in [9.17, 15) is 4.79 Å². The second-order valence-electron chi connectivity index (χ2n) is 3.90. The molecule has 0 aromatic rings. The van der Waals surface area contributed by atoms with E-state index in [2.05, 4.69) is 10.6 Å². The molecule has 15 heavy (non-hydrogen) atoms. The molecule has 0 radical (unpaired) electrons. The maximum Gasteiger partial charge on any atom is 0.413 e. The molecule has 2 N–H and O–H groups in total. The first-order valence-electron chi connectivity index (χ1n) is 5.20. The number of hydrogen-bond acceptors (Lipinski definition) is 3. The van der Waals surface area contributed by atoms with E-state index in [-0.39, 0.29) is 6.04 Å². The molecular formula is C10H20N2O2S. The van der Waals surface area contributed by atoms with Gasteiger partial charge in [0.1, 0.15) is 0 Å². The Kier molecular flexibility index (Phi) is 7.03. The lowest BCUT2D eigenvalue weighted by atomic mass is 10.2. The van der Waals surface area contributed by atoms with Gasteiger partial charge in [0.05, 0.1) is 6.61 Å². The van der Waals surface area contributed by atoms with Crippen molar-refractivity contribution in [1.82, 2.24) is 10.6 Å². The first-order valence-corrected chi connectivity index (χ1v) is 5.60. The zero-order valence-corrected chi connectivity index (χ0v) is 10.6. The van der Waals surface area contributed by atoms with E-state index in [0.29, 0.717) is 17.6 Å². The van der Waals surface area contributed by atoms with E-state index < -0.39 is 6.09 Å². The quantitative estimate of drug-likeness (QED) is 0.728. The fraction of sp³-hybridized carbons (Fsp3) is 0.800. The van der Waals surface area contributed by atoms with E-state index in [0.717, 1.165) is 6.42 Å². The minimum Gasteiger partial charge on any atom is -0.449 e. The number of ether oxygens (including phenoxy) is 1. The van der Waals surface area contributed by atoms with E-state index in [1.54, 1.807) is 0 Å². The summed E-state index contributed by atoms with van der Waals surface area (Å²) in [5.74, 6) is 0.326. The topological polar surface area (TPSA) is 50.4 Å². The third-order valence-corrected chi connectivity index (χ3v) is 1.97. The molecule has 0 aromatic heterocycles. The van der Waals surface area contributed by atoms with Gasteiger partial charge in [0, 0.05) is 6.04 Å².